The highest BCUT2D eigenvalue weighted by Gasteiger charge is 2.29. The number of aromatic nitrogens is 4. The summed E-state index contributed by atoms with van der Waals surface area (Å²) in [5.41, 5.74) is 4.21. The Hall–Kier alpha value is -2.72. The van der Waals surface area contributed by atoms with Gasteiger partial charge in [-0.25, -0.2) is 8.42 Å². The van der Waals surface area contributed by atoms with E-state index in [0.29, 0.717) is 17.4 Å². The van der Waals surface area contributed by atoms with Gasteiger partial charge in [-0.2, -0.15) is 0 Å². The topological polar surface area (TPSA) is 107 Å². The molecule has 33 heavy (non-hydrogen) atoms. The van der Waals surface area contributed by atoms with Gasteiger partial charge in [0, 0.05) is 24.0 Å². The average Bonchev–Trinajstić information content (AvgIpc) is 3.39. The van der Waals surface area contributed by atoms with E-state index in [1.165, 1.54) is 22.9 Å². The van der Waals surface area contributed by atoms with E-state index in [1.807, 2.05) is 16.7 Å². The second-order valence-corrected chi connectivity index (χ2v) is 11.1. The summed E-state index contributed by atoms with van der Waals surface area (Å²) in [5.74, 6) is 0.718. The molecule has 3 aromatic rings. The molecule has 0 saturated carbocycles. The molecule has 174 valence electrons. The molecule has 10 heteroatoms. The molecular weight excluding hydrogens is 458 g/mol. The molecule has 1 aromatic carbocycles. The van der Waals surface area contributed by atoms with Crippen molar-refractivity contribution in [2.75, 3.05) is 17.3 Å². The predicted molar refractivity (Wildman–Crippen MR) is 129 cm³/mol. The Morgan fingerprint density at radius 2 is 1.91 bits per heavy atom. The molecule has 0 spiro atoms. The van der Waals surface area contributed by atoms with Crippen LogP contribution >= 0.6 is 11.8 Å². The normalized spacial score (nSPS) is 17.2. The van der Waals surface area contributed by atoms with E-state index in [-0.39, 0.29) is 29.2 Å². The fraction of sp³-hybridized carbons (Fsp3) is 0.391. The lowest BCUT2D eigenvalue weighted by molar-refractivity contribution is -0.119. The van der Waals surface area contributed by atoms with E-state index in [1.54, 1.807) is 12.4 Å². The molecule has 0 aliphatic carbocycles. The van der Waals surface area contributed by atoms with E-state index >= 15 is 0 Å². The first kappa shape index (κ1) is 23.4. The van der Waals surface area contributed by atoms with Crippen LogP contribution < -0.4 is 5.32 Å². The predicted octanol–water partition coefficient (Wildman–Crippen LogP) is 2.85. The number of amides is 1. The molecule has 0 radical (unpaired) electrons. The van der Waals surface area contributed by atoms with E-state index in [4.69, 9.17) is 0 Å². The molecule has 1 aliphatic heterocycles. The Labute approximate surface area is 198 Å². The van der Waals surface area contributed by atoms with Crippen LogP contribution in [-0.4, -0.2) is 57.4 Å². The summed E-state index contributed by atoms with van der Waals surface area (Å²) in [7, 11) is -3.05. The number of carbonyl (C=O) groups is 1. The number of nitrogens with zero attached hydrogens (tertiary/aromatic N) is 4. The first-order valence-corrected chi connectivity index (χ1v) is 13.8. The Balaban J connectivity index is 1.66. The van der Waals surface area contributed by atoms with Gasteiger partial charge >= 0.3 is 0 Å². The summed E-state index contributed by atoms with van der Waals surface area (Å²) in [4.78, 5) is 16.8. The fourth-order valence-electron chi connectivity index (χ4n) is 4.06. The van der Waals surface area contributed by atoms with Crippen molar-refractivity contribution < 1.29 is 13.2 Å². The summed E-state index contributed by atoms with van der Waals surface area (Å²) in [5, 5.41) is 12.3. The van der Waals surface area contributed by atoms with Crippen LogP contribution in [0.5, 0.6) is 0 Å². The molecule has 3 heterocycles. The van der Waals surface area contributed by atoms with Gasteiger partial charge in [0.25, 0.3) is 0 Å². The van der Waals surface area contributed by atoms with Crippen molar-refractivity contribution in [2.24, 2.45) is 0 Å². The second kappa shape index (κ2) is 10.0. The van der Waals surface area contributed by atoms with Crippen molar-refractivity contribution in [1.82, 2.24) is 25.1 Å². The van der Waals surface area contributed by atoms with Crippen molar-refractivity contribution in [2.45, 2.75) is 44.3 Å². The average molecular weight is 486 g/mol. The van der Waals surface area contributed by atoms with E-state index in [0.717, 1.165) is 24.1 Å². The smallest absolute Gasteiger partial charge is 0.230 e. The van der Waals surface area contributed by atoms with Gasteiger partial charge in [-0.05, 0) is 42.5 Å². The third-order valence-corrected chi connectivity index (χ3v) is 8.37. The standard InChI is InChI=1S/C23H27N5O3S2/c1-3-16-7-5-8-17(4-2)21(16)28-22(18-9-6-11-24-13-18)26-27-23(28)32-14-20(29)25-19-10-12-33(30,31)15-19/h5-9,11,13,19H,3-4,10,12,14-15H2,1-2H3,(H,25,29)/t19-/m0/s1. The molecule has 8 nitrogen and oxygen atoms in total. The SMILES string of the molecule is CCc1cccc(CC)c1-n1c(SCC(=O)N[C@H]2CCS(=O)(=O)C2)nnc1-c1cccnc1. The number of para-hydroxylation sites is 1. The number of benzene rings is 1. The van der Waals surface area contributed by atoms with E-state index in [9.17, 15) is 13.2 Å². The number of rotatable bonds is 8. The maximum atomic E-state index is 12.6. The number of carbonyl (C=O) groups excluding carboxylic acids is 1. The zero-order valence-electron chi connectivity index (χ0n) is 18.7. The molecule has 4 rings (SSSR count). The first-order chi connectivity index (χ1) is 15.9. The molecule has 0 unspecified atom stereocenters. The van der Waals surface area contributed by atoms with Gasteiger partial charge in [0.2, 0.25) is 5.91 Å². The molecule has 1 N–H and O–H groups in total. The van der Waals surface area contributed by atoms with Crippen LogP contribution in [0.1, 0.15) is 31.4 Å². The van der Waals surface area contributed by atoms with Crippen molar-refractivity contribution in [3.05, 3.63) is 53.9 Å². The van der Waals surface area contributed by atoms with Gasteiger partial charge in [0.15, 0.2) is 20.8 Å². The van der Waals surface area contributed by atoms with Crippen molar-refractivity contribution >= 4 is 27.5 Å². The maximum absolute atomic E-state index is 12.6. The summed E-state index contributed by atoms with van der Waals surface area (Å²) in [6.45, 7) is 4.23. The van der Waals surface area contributed by atoms with Gasteiger partial charge < -0.3 is 5.32 Å². The Kier molecular flexibility index (Phi) is 7.14. The minimum atomic E-state index is -3.05. The third-order valence-electron chi connectivity index (χ3n) is 5.67. The number of hydrogen-bond acceptors (Lipinski definition) is 7. The lowest BCUT2D eigenvalue weighted by Gasteiger charge is -2.18. The minimum absolute atomic E-state index is 0.00841. The van der Waals surface area contributed by atoms with Crippen LogP contribution in [0.25, 0.3) is 17.1 Å². The van der Waals surface area contributed by atoms with Gasteiger partial charge in [0.05, 0.1) is 22.9 Å². The Bertz CT molecular complexity index is 1220. The lowest BCUT2D eigenvalue weighted by atomic mass is 10.0. The summed E-state index contributed by atoms with van der Waals surface area (Å²) < 4.78 is 25.4. The molecule has 0 bridgehead atoms. The molecule has 1 fully saturated rings. The monoisotopic (exact) mass is 485 g/mol. The summed E-state index contributed by atoms with van der Waals surface area (Å²) in [6.07, 6.45) is 5.61. The summed E-state index contributed by atoms with van der Waals surface area (Å²) >= 11 is 1.29. The molecule has 1 saturated heterocycles. The minimum Gasteiger partial charge on any atom is -0.352 e. The van der Waals surface area contributed by atoms with Gasteiger partial charge in [-0.15, -0.1) is 10.2 Å². The van der Waals surface area contributed by atoms with Gasteiger partial charge in [0.1, 0.15) is 0 Å². The van der Waals surface area contributed by atoms with Crippen LogP contribution in [0.2, 0.25) is 0 Å². The number of thioether (sulfide) groups is 1. The van der Waals surface area contributed by atoms with Crippen LogP contribution in [-0.2, 0) is 27.5 Å². The third kappa shape index (κ3) is 5.27. The van der Waals surface area contributed by atoms with Crippen molar-refractivity contribution in [3.8, 4) is 17.1 Å². The van der Waals surface area contributed by atoms with E-state index in [2.05, 4.69) is 52.5 Å². The van der Waals surface area contributed by atoms with Gasteiger partial charge in [-0.1, -0.05) is 43.8 Å². The fourth-order valence-corrected chi connectivity index (χ4v) is 6.48. The highest BCUT2D eigenvalue weighted by atomic mass is 32.2. The quantitative estimate of drug-likeness (QED) is 0.489. The highest BCUT2D eigenvalue weighted by Crippen LogP contribution is 2.32. The van der Waals surface area contributed by atoms with Gasteiger partial charge in [-0.3, -0.25) is 14.3 Å². The number of nitrogens with one attached hydrogen (secondary N) is 1. The molecule has 1 amide bonds. The highest BCUT2D eigenvalue weighted by molar-refractivity contribution is 7.99. The largest absolute Gasteiger partial charge is 0.352 e. The number of sulfone groups is 1. The van der Waals surface area contributed by atoms with Crippen molar-refractivity contribution in [1.29, 1.82) is 0 Å². The summed E-state index contributed by atoms with van der Waals surface area (Å²) in [6, 6.07) is 9.74. The molecular formula is C23H27N5O3S2. The molecule has 1 atom stereocenters. The van der Waals surface area contributed by atoms with E-state index < -0.39 is 9.84 Å². The lowest BCUT2D eigenvalue weighted by Crippen LogP contribution is -2.36. The van der Waals surface area contributed by atoms with Crippen LogP contribution in [0.15, 0.2) is 47.9 Å². The zero-order valence-corrected chi connectivity index (χ0v) is 20.3. The second-order valence-electron chi connectivity index (χ2n) is 7.97. The molecule has 1 aliphatic rings. The number of aryl methyl sites for hydroxylation is 2. The maximum Gasteiger partial charge on any atom is 0.230 e. The number of pyridine rings is 1. The molecule has 2 aromatic heterocycles. The number of hydrogen-bond donors (Lipinski definition) is 1. The van der Waals surface area contributed by atoms with Crippen LogP contribution in [0.3, 0.4) is 0 Å². The van der Waals surface area contributed by atoms with Crippen molar-refractivity contribution in [3.63, 3.8) is 0 Å². The van der Waals surface area contributed by atoms with Crippen LogP contribution in [0, 0.1) is 0 Å². The zero-order chi connectivity index (χ0) is 23.4. The Morgan fingerprint density at radius 3 is 2.52 bits per heavy atom. The Morgan fingerprint density at radius 1 is 1.15 bits per heavy atom. The van der Waals surface area contributed by atoms with Crippen LogP contribution in [0.4, 0.5) is 0 Å². The first-order valence-electron chi connectivity index (χ1n) is 11.0.